The molecule has 0 aromatic heterocycles. The van der Waals surface area contributed by atoms with Crippen LogP contribution in [-0.4, -0.2) is 38.2 Å². The Morgan fingerprint density at radius 1 is 1.15 bits per heavy atom. The van der Waals surface area contributed by atoms with Crippen LogP contribution in [0, 0.1) is 11.7 Å². The van der Waals surface area contributed by atoms with Crippen LogP contribution >= 0.6 is 0 Å². The summed E-state index contributed by atoms with van der Waals surface area (Å²) in [5.41, 5.74) is 0.388. The van der Waals surface area contributed by atoms with Gasteiger partial charge in [-0.05, 0) is 62.1 Å². The van der Waals surface area contributed by atoms with Gasteiger partial charge in [0.15, 0.2) is 5.78 Å². The highest BCUT2D eigenvalue weighted by Gasteiger charge is 2.30. The van der Waals surface area contributed by atoms with Gasteiger partial charge in [0.1, 0.15) is 11.6 Å². The number of carbonyl (C=O) groups excluding carboxylic acids is 1. The molecule has 1 heterocycles. The minimum Gasteiger partial charge on any atom is -0.493 e. The van der Waals surface area contributed by atoms with Gasteiger partial charge in [-0.2, -0.15) is 4.31 Å². The first-order valence-electron chi connectivity index (χ1n) is 8.86. The van der Waals surface area contributed by atoms with E-state index in [1.54, 1.807) is 24.3 Å². The number of Topliss-reactive ketones (excluding diaryl/α,β-unsaturated/α-hetero) is 1. The van der Waals surface area contributed by atoms with Gasteiger partial charge in [-0.1, -0.05) is 12.1 Å². The molecule has 7 heteroatoms. The molecule has 2 aromatic carbocycles. The Morgan fingerprint density at radius 3 is 2.44 bits per heavy atom. The molecule has 144 valence electrons. The minimum atomic E-state index is -3.61. The highest BCUT2D eigenvalue weighted by molar-refractivity contribution is 7.89. The highest BCUT2D eigenvalue weighted by atomic mass is 32.2. The van der Waals surface area contributed by atoms with Crippen molar-refractivity contribution < 1.29 is 22.3 Å². The molecule has 1 saturated heterocycles. The number of ketones is 1. The van der Waals surface area contributed by atoms with Crippen molar-refractivity contribution in [3.8, 4) is 5.75 Å². The van der Waals surface area contributed by atoms with Gasteiger partial charge in [-0.3, -0.25) is 4.79 Å². The Kier molecular flexibility index (Phi) is 5.92. The standard InChI is InChI=1S/C20H22FNO4S/c1-15(23)17-3-2-4-20(13-17)27(24,25)22-11-9-16(10-12-22)14-26-19-7-5-18(21)6-8-19/h2-8,13,16H,9-12,14H2,1H3. The van der Waals surface area contributed by atoms with E-state index in [2.05, 4.69) is 0 Å². The number of rotatable bonds is 6. The lowest BCUT2D eigenvalue weighted by atomic mass is 9.99. The summed E-state index contributed by atoms with van der Waals surface area (Å²) in [4.78, 5) is 11.7. The lowest BCUT2D eigenvalue weighted by Crippen LogP contribution is -2.39. The summed E-state index contributed by atoms with van der Waals surface area (Å²) < 4.78 is 45.7. The third-order valence-corrected chi connectivity index (χ3v) is 6.65. The topological polar surface area (TPSA) is 63.7 Å². The average Bonchev–Trinajstić information content (AvgIpc) is 2.68. The summed E-state index contributed by atoms with van der Waals surface area (Å²) in [6, 6.07) is 12.0. The molecule has 0 radical (unpaired) electrons. The SMILES string of the molecule is CC(=O)c1cccc(S(=O)(=O)N2CCC(COc3ccc(F)cc3)CC2)c1. The first-order chi connectivity index (χ1) is 12.9. The number of sulfonamides is 1. The maximum atomic E-state index is 12.9. The molecular formula is C20H22FNO4S. The Balaban J connectivity index is 1.58. The van der Waals surface area contributed by atoms with Crippen LogP contribution in [0.2, 0.25) is 0 Å². The van der Waals surface area contributed by atoms with Gasteiger partial charge in [0.05, 0.1) is 11.5 Å². The fourth-order valence-corrected chi connectivity index (χ4v) is 4.60. The predicted molar refractivity (Wildman–Crippen MR) is 99.8 cm³/mol. The zero-order valence-corrected chi connectivity index (χ0v) is 15.9. The fourth-order valence-electron chi connectivity index (χ4n) is 3.09. The average molecular weight is 391 g/mol. The zero-order chi connectivity index (χ0) is 19.4. The number of benzene rings is 2. The van der Waals surface area contributed by atoms with E-state index in [-0.39, 0.29) is 22.4 Å². The van der Waals surface area contributed by atoms with Gasteiger partial charge in [0, 0.05) is 18.7 Å². The molecule has 1 aliphatic heterocycles. The number of nitrogens with zero attached hydrogens (tertiary/aromatic N) is 1. The van der Waals surface area contributed by atoms with E-state index in [9.17, 15) is 17.6 Å². The van der Waals surface area contributed by atoms with E-state index in [4.69, 9.17) is 4.74 Å². The molecule has 2 aromatic rings. The van der Waals surface area contributed by atoms with E-state index in [0.29, 0.717) is 43.9 Å². The smallest absolute Gasteiger partial charge is 0.243 e. The molecular weight excluding hydrogens is 369 g/mol. The van der Waals surface area contributed by atoms with E-state index in [1.807, 2.05) is 0 Å². The molecule has 0 saturated carbocycles. The largest absolute Gasteiger partial charge is 0.493 e. The molecule has 0 amide bonds. The number of piperidine rings is 1. The number of halogens is 1. The lowest BCUT2D eigenvalue weighted by Gasteiger charge is -2.31. The van der Waals surface area contributed by atoms with Crippen LogP contribution in [0.3, 0.4) is 0 Å². The van der Waals surface area contributed by atoms with Gasteiger partial charge in [0.2, 0.25) is 10.0 Å². The van der Waals surface area contributed by atoms with E-state index < -0.39 is 10.0 Å². The third-order valence-electron chi connectivity index (χ3n) is 4.75. The maximum absolute atomic E-state index is 12.9. The predicted octanol–water partition coefficient (Wildman–Crippen LogP) is 3.51. The zero-order valence-electron chi connectivity index (χ0n) is 15.1. The molecule has 0 atom stereocenters. The number of hydrogen-bond donors (Lipinski definition) is 0. The quantitative estimate of drug-likeness (QED) is 0.707. The summed E-state index contributed by atoms with van der Waals surface area (Å²) >= 11 is 0. The summed E-state index contributed by atoms with van der Waals surface area (Å²) in [5.74, 6) is 0.371. The third kappa shape index (κ3) is 4.73. The van der Waals surface area contributed by atoms with Crippen LogP contribution in [0.15, 0.2) is 53.4 Å². The van der Waals surface area contributed by atoms with E-state index in [1.165, 1.54) is 35.5 Å². The monoisotopic (exact) mass is 391 g/mol. The molecule has 1 aliphatic rings. The fraction of sp³-hybridized carbons (Fsp3) is 0.350. The highest BCUT2D eigenvalue weighted by Crippen LogP contribution is 2.25. The van der Waals surface area contributed by atoms with Crippen LogP contribution < -0.4 is 4.74 Å². The first-order valence-corrected chi connectivity index (χ1v) is 10.3. The van der Waals surface area contributed by atoms with Crippen LogP contribution in [0.25, 0.3) is 0 Å². The summed E-state index contributed by atoms with van der Waals surface area (Å²) in [6.07, 6.45) is 1.37. The van der Waals surface area contributed by atoms with Gasteiger partial charge < -0.3 is 4.74 Å². The Bertz CT molecular complexity index is 904. The van der Waals surface area contributed by atoms with Crippen molar-refractivity contribution in [1.29, 1.82) is 0 Å². The van der Waals surface area contributed by atoms with Crippen molar-refractivity contribution in [1.82, 2.24) is 4.31 Å². The summed E-state index contributed by atoms with van der Waals surface area (Å²) in [7, 11) is -3.61. The van der Waals surface area contributed by atoms with Crippen molar-refractivity contribution in [3.05, 3.63) is 59.9 Å². The van der Waals surface area contributed by atoms with Crippen molar-refractivity contribution in [2.75, 3.05) is 19.7 Å². The number of hydrogen-bond acceptors (Lipinski definition) is 4. The molecule has 27 heavy (non-hydrogen) atoms. The molecule has 5 nitrogen and oxygen atoms in total. The second kappa shape index (κ2) is 8.19. The summed E-state index contributed by atoms with van der Waals surface area (Å²) in [6.45, 7) is 2.70. The number of carbonyl (C=O) groups is 1. The molecule has 3 rings (SSSR count). The minimum absolute atomic E-state index is 0.149. The number of ether oxygens (including phenoxy) is 1. The van der Waals surface area contributed by atoms with Crippen molar-refractivity contribution in [2.24, 2.45) is 5.92 Å². The molecule has 0 aliphatic carbocycles. The normalized spacial score (nSPS) is 16.2. The van der Waals surface area contributed by atoms with Crippen LogP contribution in [0.4, 0.5) is 4.39 Å². The lowest BCUT2D eigenvalue weighted by molar-refractivity contribution is 0.101. The molecule has 0 bridgehead atoms. The van der Waals surface area contributed by atoms with Crippen molar-refractivity contribution >= 4 is 15.8 Å². The van der Waals surface area contributed by atoms with Crippen molar-refractivity contribution in [2.45, 2.75) is 24.7 Å². The van der Waals surface area contributed by atoms with Crippen LogP contribution in [-0.2, 0) is 10.0 Å². The first kappa shape index (κ1) is 19.5. The van der Waals surface area contributed by atoms with E-state index >= 15 is 0 Å². The van der Waals surface area contributed by atoms with Gasteiger partial charge in [-0.15, -0.1) is 0 Å². The van der Waals surface area contributed by atoms with Gasteiger partial charge >= 0.3 is 0 Å². The van der Waals surface area contributed by atoms with Gasteiger partial charge in [0.25, 0.3) is 0 Å². The van der Waals surface area contributed by atoms with Crippen LogP contribution in [0.5, 0.6) is 5.75 Å². The molecule has 0 unspecified atom stereocenters. The molecule has 0 N–H and O–H groups in total. The Morgan fingerprint density at radius 2 is 1.81 bits per heavy atom. The molecule has 1 fully saturated rings. The maximum Gasteiger partial charge on any atom is 0.243 e. The second-order valence-corrected chi connectivity index (χ2v) is 8.63. The van der Waals surface area contributed by atoms with Gasteiger partial charge in [-0.25, -0.2) is 12.8 Å². The molecule has 0 spiro atoms. The summed E-state index contributed by atoms with van der Waals surface area (Å²) in [5, 5.41) is 0. The van der Waals surface area contributed by atoms with Crippen molar-refractivity contribution in [3.63, 3.8) is 0 Å². The Hall–Kier alpha value is -2.25. The van der Waals surface area contributed by atoms with Crippen LogP contribution in [0.1, 0.15) is 30.1 Å². The second-order valence-electron chi connectivity index (χ2n) is 6.70. The van der Waals surface area contributed by atoms with E-state index in [0.717, 1.165) is 0 Å². The Labute approximate surface area is 158 Å².